The molecule has 0 bridgehead atoms. The molecule has 0 aliphatic heterocycles. The van der Waals surface area contributed by atoms with Crippen molar-refractivity contribution < 1.29 is 9.53 Å². The van der Waals surface area contributed by atoms with Gasteiger partial charge in [-0.15, -0.1) is 0 Å². The average Bonchev–Trinajstić information content (AvgIpc) is 2.63. The van der Waals surface area contributed by atoms with Gasteiger partial charge in [-0.05, 0) is 30.2 Å². The van der Waals surface area contributed by atoms with Crippen molar-refractivity contribution in [2.24, 2.45) is 0 Å². The summed E-state index contributed by atoms with van der Waals surface area (Å²) >= 11 is 0. The zero-order valence-corrected chi connectivity index (χ0v) is 13.0. The van der Waals surface area contributed by atoms with Crippen LogP contribution in [0.5, 0.6) is 11.5 Å². The first-order valence-corrected chi connectivity index (χ1v) is 7.40. The van der Waals surface area contributed by atoms with Crippen LogP contribution in [-0.2, 0) is 6.42 Å². The predicted octanol–water partition coefficient (Wildman–Crippen LogP) is 2.87. The van der Waals surface area contributed by atoms with E-state index in [2.05, 4.69) is 25.3 Å². The fourth-order valence-corrected chi connectivity index (χ4v) is 2.02. The molecule has 0 saturated carbocycles. The standard InChI is InChI=1S/C17H15N5O2/c1-2-12-3-5-21-16(7-12)22-17(23)15-8-13(4-6-20-15)24-14-9-18-11-19-10-14/h3-11H,2H2,1H3,(H,21,22,23). The van der Waals surface area contributed by atoms with E-state index >= 15 is 0 Å². The van der Waals surface area contributed by atoms with Gasteiger partial charge in [-0.3, -0.25) is 9.78 Å². The van der Waals surface area contributed by atoms with Gasteiger partial charge in [-0.25, -0.2) is 15.0 Å². The Morgan fingerprint density at radius 2 is 1.88 bits per heavy atom. The van der Waals surface area contributed by atoms with Crippen LogP contribution in [-0.4, -0.2) is 25.8 Å². The number of hydrogen-bond donors (Lipinski definition) is 1. The van der Waals surface area contributed by atoms with Gasteiger partial charge in [0.1, 0.15) is 23.6 Å². The second-order valence-corrected chi connectivity index (χ2v) is 4.91. The number of nitrogens with zero attached hydrogens (tertiary/aromatic N) is 4. The van der Waals surface area contributed by atoms with E-state index in [-0.39, 0.29) is 11.6 Å². The van der Waals surface area contributed by atoms with Crippen molar-refractivity contribution in [1.29, 1.82) is 0 Å². The van der Waals surface area contributed by atoms with E-state index < -0.39 is 0 Å². The maximum Gasteiger partial charge on any atom is 0.275 e. The molecule has 1 N–H and O–H groups in total. The highest BCUT2D eigenvalue weighted by Crippen LogP contribution is 2.20. The fourth-order valence-electron chi connectivity index (χ4n) is 2.02. The number of ether oxygens (including phenoxy) is 1. The summed E-state index contributed by atoms with van der Waals surface area (Å²) in [7, 11) is 0. The normalized spacial score (nSPS) is 10.2. The molecule has 120 valence electrons. The van der Waals surface area contributed by atoms with Crippen LogP contribution in [0, 0.1) is 0 Å². The summed E-state index contributed by atoms with van der Waals surface area (Å²) in [6.07, 6.45) is 8.52. The number of rotatable bonds is 5. The number of amides is 1. The van der Waals surface area contributed by atoms with Crippen LogP contribution in [0.3, 0.4) is 0 Å². The largest absolute Gasteiger partial charge is 0.454 e. The predicted molar refractivity (Wildman–Crippen MR) is 87.9 cm³/mol. The third kappa shape index (κ3) is 3.89. The minimum absolute atomic E-state index is 0.230. The van der Waals surface area contributed by atoms with Crippen LogP contribution in [0.25, 0.3) is 0 Å². The first kappa shape index (κ1) is 15.5. The summed E-state index contributed by atoms with van der Waals surface area (Å²) in [5.41, 5.74) is 1.32. The Hall–Kier alpha value is -3.35. The van der Waals surface area contributed by atoms with Crippen LogP contribution in [0.4, 0.5) is 5.82 Å². The van der Waals surface area contributed by atoms with Crippen molar-refractivity contribution in [3.8, 4) is 11.5 Å². The van der Waals surface area contributed by atoms with Crippen molar-refractivity contribution in [2.45, 2.75) is 13.3 Å². The molecule has 7 nitrogen and oxygen atoms in total. The Bertz CT molecular complexity index is 839. The molecular formula is C17H15N5O2. The molecular weight excluding hydrogens is 306 g/mol. The molecule has 0 aliphatic carbocycles. The number of aromatic nitrogens is 4. The molecule has 0 saturated heterocycles. The fraction of sp³-hybridized carbons (Fsp3) is 0.118. The molecule has 0 aliphatic rings. The van der Waals surface area contributed by atoms with Crippen molar-refractivity contribution in [1.82, 2.24) is 19.9 Å². The smallest absolute Gasteiger partial charge is 0.275 e. The van der Waals surface area contributed by atoms with Gasteiger partial charge in [0.05, 0.1) is 12.4 Å². The number of pyridine rings is 2. The summed E-state index contributed by atoms with van der Waals surface area (Å²) in [5, 5.41) is 2.73. The lowest BCUT2D eigenvalue weighted by Gasteiger charge is -2.07. The molecule has 0 atom stereocenters. The third-order valence-electron chi connectivity index (χ3n) is 3.21. The molecule has 7 heteroatoms. The number of aryl methyl sites for hydroxylation is 1. The molecule has 3 rings (SSSR count). The van der Waals surface area contributed by atoms with E-state index in [0.29, 0.717) is 17.3 Å². The lowest BCUT2D eigenvalue weighted by atomic mass is 10.2. The van der Waals surface area contributed by atoms with Crippen molar-refractivity contribution in [3.63, 3.8) is 0 Å². The van der Waals surface area contributed by atoms with Gasteiger partial charge in [0.15, 0.2) is 5.75 Å². The number of carbonyl (C=O) groups excluding carboxylic acids is 1. The van der Waals surface area contributed by atoms with Crippen LogP contribution in [0.2, 0.25) is 0 Å². The zero-order valence-electron chi connectivity index (χ0n) is 13.0. The maximum atomic E-state index is 12.3. The third-order valence-corrected chi connectivity index (χ3v) is 3.21. The minimum Gasteiger partial charge on any atom is -0.454 e. The number of hydrogen-bond acceptors (Lipinski definition) is 6. The Morgan fingerprint density at radius 1 is 1.08 bits per heavy atom. The van der Waals surface area contributed by atoms with Gasteiger partial charge >= 0.3 is 0 Å². The summed E-state index contributed by atoms with van der Waals surface area (Å²) in [5.74, 6) is 1.09. The number of carbonyl (C=O) groups is 1. The minimum atomic E-state index is -0.356. The van der Waals surface area contributed by atoms with E-state index in [1.165, 1.54) is 24.9 Å². The molecule has 3 heterocycles. The summed E-state index contributed by atoms with van der Waals surface area (Å²) < 4.78 is 5.60. The van der Waals surface area contributed by atoms with Crippen LogP contribution in [0.15, 0.2) is 55.4 Å². The molecule has 3 aromatic heterocycles. The molecule has 0 radical (unpaired) electrons. The van der Waals surface area contributed by atoms with E-state index in [1.807, 2.05) is 19.1 Å². The highest BCUT2D eigenvalue weighted by atomic mass is 16.5. The summed E-state index contributed by atoms with van der Waals surface area (Å²) in [4.78, 5) is 28.3. The van der Waals surface area contributed by atoms with Gasteiger partial charge in [0, 0.05) is 18.5 Å². The van der Waals surface area contributed by atoms with Crippen LogP contribution >= 0.6 is 0 Å². The molecule has 0 aromatic carbocycles. The average molecular weight is 321 g/mol. The monoisotopic (exact) mass is 321 g/mol. The zero-order chi connectivity index (χ0) is 16.8. The molecule has 24 heavy (non-hydrogen) atoms. The highest BCUT2D eigenvalue weighted by Gasteiger charge is 2.10. The Morgan fingerprint density at radius 3 is 2.67 bits per heavy atom. The van der Waals surface area contributed by atoms with Crippen LogP contribution < -0.4 is 10.1 Å². The first-order chi connectivity index (χ1) is 11.7. The quantitative estimate of drug-likeness (QED) is 0.777. The van der Waals surface area contributed by atoms with E-state index in [4.69, 9.17) is 4.74 Å². The Balaban J connectivity index is 1.74. The molecule has 0 spiro atoms. The first-order valence-electron chi connectivity index (χ1n) is 7.40. The summed E-state index contributed by atoms with van der Waals surface area (Å²) in [6, 6.07) is 6.94. The van der Waals surface area contributed by atoms with Gasteiger partial charge in [-0.1, -0.05) is 6.92 Å². The SMILES string of the molecule is CCc1ccnc(NC(=O)c2cc(Oc3cncnc3)ccn2)c1. The van der Waals surface area contributed by atoms with E-state index in [1.54, 1.807) is 18.3 Å². The molecule has 1 amide bonds. The van der Waals surface area contributed by atoms with Gasteiger partial charge in [0.25, 0.3) is 5.91 Å². The van der Waals surface area contributed by atoms with Crippen molar-refractivity contribution >= 4 is 11.7 Å². The molecule has 0 fully saturated rings. The second-order valence-electron chi connectivity index (χ2n) is 4.91. The number of anilines is 1. The van der Waals surface area contributed by atoms with Gasteiger partial charge in [-0.2, -0.15) is 0 Å². The van der Waals surface area contributed by atoms with Gasteiger partial charge in [0.2, 0.25) is 0 Å². The maximum absolute atomic E-state index is 12.3. The van der Waals surface area contributed by atoms with Crippen molar-refractivity contribution in [3.05, 3.63) is 66.6 Å². The number of nitrogens with one attached hydrogen (secondary N) is 1. The molecule has 3 aromatic rings. The molecule has 0 unspecified atom stereocenters. The van der Waals surface area contributed by atoms with Crippen molar-refractivity contribution in [2.75, 3.05) is 5.32 Å². The second kappa shape index (κ2) is 7.28. The van der Waals surface area contributed by atoms with E-state index in [0.717, 1.165) is 12.0 Å². The van der Waals surface area contributed by atoms with E-state index in [9.17, 15) is 4.79 Å². The van der Waals surface area contributed by atoms with Gasteiger partial charge < -0.3 is 10.1 Å². The Kier molecular flexibility index (Phi) is 4.71. The van der Waals surface area contributed by atoms with Crippen LogP contribution in [0.1, 0.15) is 23.0 Å². The Labute approximate surface area is 138 Å². The summed E-state index contributed by atoms with van der Waals surface area (Å²) in [6.45, 7) is 2.04. The topological polar surface area (TPSA) is 89.9 Å². The lowest BCUT2D eigenvalue weighted by molar-refractivity contribution is 0.102. The highest BCUT2D eigenvalue weighted by molar-refractivity contribution is 6.02. The lowest BCUT2D eigenvalue weighted by Crippen LogP contribution is -2.14.